The third kappa shape index (κ3) is 5.15. The van der Waals surface area contributed by atoms with Crippen LogP contribution in [0, 0.1) is 5.92 Å². The van der Waals surface area contributed by atoms with Crippen molar-refractivity contribution in [3.8, 4) is 0 Å². The van der Waals surface area contributed by atoms with E-state index in [0.29, 0.717) is 18.0 Å². The molecule has 1 heterocycles. The van der Waals surface area contributed by atoms with Gasteiger partial charge < -0.3 is 5.32 Å². The zero-order chi connectivity index (χ0) is 13.5. The number of pyridine rings is 1. The van der Waals surface area contributed by atoms with Crippen LogP contribution in [0.3, 0.4) is 0 Å². The van der Waals surface area contributed by atoms with E-state index in [0.717, 1.165) is 18.8 Å². The van der Waals surface area contributed by atoms with Crippen LogP contribution in [0.1, 0.15) is 33.4 Å². The van der Waals surface area contributed by atoms with E-state index in [9.17, 15) is 0 Å². The maximum Gasteiger partial charge on any atom is 0.0543 e. The zero-order valence-electron chi connectivity index (χ0n) is 12.4. The van der Waals surface area contributed by atoms with Gasteiger partial charge in [-0.2, -0.15) is 0 Å². The Bertz CT molecular complexity index is 324. The monoisotopic (exact) mass is 249 g/mol. The van der Waals surface area contributed by atoms with E-state index in [4.69, 9.17) is 0 Å². The Balaban J connectivity index is 2.43. The molecule has 3 nitrogen and oxygen atoms in total. The lowest BCUT2D eigenvalue weighted by Gasteiger charge is -2.30. The summed E-state index contributed by atoms with van der Waals surface area (Å²) in [6.45, 7) is 10.9. The molecule has 18 heavy (non-hydrogen) atoms. The van der Waals surface area contributed by atoms with Gasteiger partial charge in [-0.25, -0.2) is 0 Å². The minimum atomic E-state index is 0.540. The fourth-order valence-electron chi connectivity index (χ4n) is 1.92. The first-order valence-electron chi connectivity index (χ1n) is 6.84. The molecule has 0 aromatic carbocycles. The molecule has 1 aromatic rings. The van der Waals surface area contributed by atoms with Gasteiger partial charge in [0.2, 0.25) is 0 Å². The lowest BCUT2D eigenvalue weighted by atomic mass is 10.0. The fourth-order valence-corrected chi connectivity index (χ4v) is 1.92. The van der Waals surface area contributed by atoms with Crippen molar-refractivity contribution in [3.05, 3.63) is 30.1 Å². The van der Waals surface area contributed by atoms with Crippen molar-refractivity contribution >= 4 is 0 Å². The highest BCUT2D eigenvalue weighted by molar-refractivity contribution is 5.03. The molecule has 102 valence electrons. The minimum Gasteiger partial charge on any atom is -0.314 e. The first-order chi connectivity index (χ1) is 8.50. The zero-order valence-corrected chi connectivity index (χ0v) is 12.4. The predicted octanol–water partition coefficient (Wildman–Crippen LogP) is 2.54. The summed E-state index contributed by atoms with van der Waals surface area (Å²) in [5, 5.41) is 3.50. The molecule has 0 aliphatic rings. The van der Waals surface area contributed by atoms with Gasteiger partial charge in [0.05, 0.1) is 5.69 Å². The average Bonchev–Trinajstić information content (AvgIpc) is 2.36. The Morgan fingerprint density at radius 2 is 1.94 bits per heavy atom. The normalized spacial score (nSPS) is 15.1. The largest absolute Gasteiger partial charge is 0.314 e. The van der Waals surface area contributed by atoms with Gasteiger partial charge in [0.1, 0.15) is 0 Å². The van der Waals surface area contributed by atoms with Gasteiger partial charge >= 0.3 is 0 Å². The topological polar surface area (TPSA) is 28.2 Å². The number of nitrogens with zero attached hydrogens (tertiary/aromatic N) is 2. The summed E-state index contributed by atoms with van der Waals surface area (Å²) in [4.78, 5) is 6.75. The molecule has 0 bridgehead atoms. The number of hydrogen-bond acceptors (Lipinski definition) is 3. The quantitative estimate of drug-likeness (QED) is 0.805. The van der Waals surface area contributed by atoms with Crippen LogP contribution in [0.15, 0.2) is 24.4 Å². The predicted molar refractivity (Wildman–Crippen MR) is 77.5 cm³/mol. The molecule has 3 heteroatoms. The smallest absolute Gasteiger partial charge is 0.0543 e. The molecule has 0 radical (unpaired) electrons. The van der Waals surface area contributed by atoms with Gasteiger partial charge in [-0.1, -0.05) is 26.8 Å². The van der Waals surface area contributed by atoms with E-state index in [1.54, 1.807) is 0 Å². The Kier molecular flexibility index (Phi) is 6.30. The summed E-state index contributed by atoms with van der Waals surface area (Å²) in [5.74, 6) is 0.626. The van der Waals surface area contributed by atoms with Crippen LogP contribution in [0.25, 0.3) is 0 Å². The van der Waals surface area contributed by atoms with Crippen molar-refractivity contribution in [2.24, 2.45) is 5.92 Å². The molecule has 2 unspecified atom stereocenters. The van der Waals surface area contributed by atoms with Gasteiger partial charge in [-0.3, -0.25) is 9.88 Å². The van der Waals surface area contributed by atoms with Gasteiger partial charge in [0, 0.05) is 24.8 Å². The highest BCUT2D eigenvalue weighted by Crippen LogP contribution is 2.11. The van der Waals surface area contributed by atoms with Crippen LogP contribution in [0.2, 0.25) is 0 Å². The van der Waals surface area contributed by atoms with Crippen LogP contribution < -0.4 is 5.32 Å². The van der Waals surface area contributed by atoms with E-state index in [1.807, 2.05) is 18.3 Å². The third-order valence-corrected chi connectivity index (χ3v) is 3.50. The highest BCUT2D eigenvalue weighted by atomic mass is 15.1. The van der Waals surface area contributed by atoms with E-state index in [1.165, 1.54) is 0 Å². The van der Waals surface area contributed by atoms with Crippen LogP contribution >= 0.6 is 0 Å². The van der Waals surface area contributed by atoms with Crippen LogP contribution in [-0.2, 0) is 6.54 Å². The van der Waals surface area contributed by atoms with E-state index < -0.39 is 0 Å². The van der Waals surface area contributed by atoms with Gasteiger partial charge in [-0.05, 0) is 38.6 Å². The van der Waals surface area contributed by atoms with Crippen molar-refractivity contribution in [1.29, 1.82) is 0 Å². The second-order valence-electron chi connectivity index (χ2n) is 5.52. The Labute approximate surface area is 112 Å². The number of rotatable bonds is 7. The fraction of sp³-hybridized carbons (Fsp3) is 0.667. The highest BCUT2D eigenvalue weighted by Gasteiger charge is 2.17. The van der Waals surface area contributed by atoms with Crippen molar-refractivity contribution < 1.29 is 0 Å². The molecule has 0 saturated carbocycles. The molecule has 0 spiro atoms. The standard InChI is InChI=1S/C15H27N3/c1-12(2)17-10-13(3)14(4)18(5)11-15-8-6-7-9-16-15/h6-9,12-14,17H,10-11H2,1-5H3. The summed E-state index contributed by atoms with van der Waals surface area (Å²) in [6, 6.07) is 7.19. The van der Waals surface area contributed by atoms with Crippen molar-refractivity contribution in [3.63, 3.8) is 0 Å². The first kappa shape index (κ1) is 15.1. The lowest BCUT2D eigenvalue weighted by molar-refractivity contribution is 0.185. The van der Waals surface area contributed by atoms with E-state index >= 15 is 0 Å². The molecule has 1 aromatic heterocycles. The molecule has 1 N–H and O–H groups in total. The molecular weight excluding hydrogens is 222 g/mol. The number of hydrogen-bond donors (Lipinski definition) is 1. The molecule has 2 atom stereocenters. The SMILES string of the molecule is CC(C)NCC(C)C(C)N(C)Cc1ccccn1. The molecule has 0 amide bonds. The van der Waals surface area contributed by atoms with E-state index in [2.05, 4.69) is 56.0 Å². The number of nitrogens with one attached hydrogen (secondary N) is 1. The third-order valence-electron chi connectivity index (χ3n) is 3.50. The summed E-state index contributed by atoms with van der Waals surface area (Å²) in [7, 11) is 2.17. The van der Waals surface area contributed by atoms with Crippen LogP contribution in [0.4, 0.5) is 0 Å². The number of aromatic nitrogens is 1. The molecule has 0 aliphatic heterocycles. The summed E-state index contributed by atoms with van der Waals surface area (Å²) in [5.41, 5.74) is 1.14. The second-order valence-corrected chi connectivity index (χ2v) is 5.52. The average molecular weight is 249 g/mol. The Morgan fingerprint density at radius 1 is 1.22 bits per heavy atom. The molecule has 0 aliphatic carbocycles. The molecule has 1 rings (SSSR count). The van der Waals surface area contributed by atoms with Gasteiger partial charge in [-0.15, -0.1) is 0 Å². The Morgan fingerprint density at radius 3 is 2.50 bits per heavy atom. The lowest BCUT2D eigenvalue weighted by Crippen LogP contribution is -2.40. The summed E-state index contributed by atoms with van der Waals surface area (Å²) < 4.78 is 0. The van der Waals surface area contributed by atoms with Gasteiger partial charge in [0.15, 0.2) is 0 Å². The van der Waals surface area contributed by atoms with Crippen molar-refractivity contribution in [2.75, 3.05) is 13.6 Å². The van der Waals surface area contributed by atoms with E-state index in [-0.39, 0.29) is 0 Å². The summed E-state index contributed by atoms with van der Waals surface area (Å²) >= 11 is 0. The minimum absolute atomic E-state index is 0.540. The Hall–Kier alpha value is -0.930. The second kappa shape index (κ2) is 7.49. The van der Waals surface area contributed by atoms with Gasteiger partial charge in [0.25, 0.3) is 0 Å². The maximum atomic E-state index is 4.38. The van der Waals surface area contributed by atoms with Crippen LogP contribution in [0.5, 0.6) is 0 Å². The molecule has 0 saturated heterocycles. The molecular formula is C15H27N3. The molecule has 0 fully saturated rings. The van der Waals surface area contributed by atoms with Crippen molar-refractivity contribution in [2.45, 2.75) is 46.3 Å². The summed E-state index contributed by atoms with van der Waals surface area (Å²) in [6.07, 6.45) is 1.86. The maximum absolute atomic E-state index is 4.38. The van der Waals surface area contributed by atoms with Crippen LogP contribution in [-0.4, -0.2) is 35.6 Å². The first-order valence-corrected chi connectivity index (χ1v) is 6.84. The van der Waals surface area contributed by atoms with Crippen molar-refractivity contribution in [1.82, 2.24) is 15.2 Å².